The fourth-order valence-electron chi connectivity index (χ4n) is 3.80. The number of pyridine rings is 1. The lowest BCUT2D eigenvalue weighted by molar-refractivity contribution is 0.0785. The van der Waals surface area contributed by atoms with E-state index in [1.165, 1.54) is 30.6 Å². The van der Waals surface area contributed by atoms with Crippen molar-refractivity contribution < 1.29 is 18.7 Å². The van der Waals surface area contributed by atoms with Crippen molar-refractivity contribution in [1.82, 2.24) is 9.97 Å². The fraction of sp³-hybridized carbons (Fsp3) is 0.318. The molecule has 1 saturated heterocycles. The summed E-state index contributed by atoms with van der Waals surface area (Å²) >= 11 is 0.989. The summed E-state index contributed by atoms with van der Waals surface area (Å²) in [5.74, 6) is -2.00. The van der Waals surface area contributed by atoms with Crippen molar-refractivity contribution in [1.29, 1.82) is 0 Å². The Kier molecular flexibility index (Phi) is 6.18. The van der Waals surface area contributed by atoms with Crippen LogP contribution in [-0.4, -0.2) is 46.2 Å². The van der Waals surface area contributed by atoms with Gasteiger partial charge in [-0.25, -0.2) is 13.8 Å². The summed E-state index contributed by atoms with van der Waals surface area (Å²) in [5.41, 5.74) is 7.33. The third-order valence-corrected chi connectivity index (χ3v) is 6.44. The molecule has 0 aliphatic carbocycles. The van der Waals surface area contributed by atoms with E-state index in [9.17, 15) is 18.7 Å². The molecular formula is C22H23F2N5O2S. The van der Waals surface area contributed by atoms with Gasteiger partial charge in [-0.1, -0.05) is 13.0 Å². The highest BCUT2D eigenvalue weighted by Gasteiger charge is 2.32. The molecular weight excluding hydrogens is 436 g/mol. The van der Waals surface area contributed by atoms with E-state index < -0.39 is 29.7 Å². The maximum absolute atomic E-state index is 14.4. The number of carbonyl (C=O) groups excluding carboxylic acids is 1. The SMILES string of the molecule is Cc1ccc(F)c(-c2nc(C(=O)Nc3cnccc3N3C[C@@H](N)[C@H](O)[C@@H](C)C3)cs2)c1F. The molecule has 0 saturated carbocycles. The number of anilines is 2. The molecule has 0 bridgehead atoms. The Morgan fingerprint density at radius 1 is 1.31 bits per heavy atom. The lowest BCUT2D eigenvalue weighted by Gasteiger charge is -2.40. The molecule has 168 valence electrons. The molecule has 32 heavy (non-hydrogen) atoms. The van der Waals surface area contributed by atoms with Gasteiger partial charge in [0.1, 0.15) is 22.3 Å². The summed E-state index contributed by atoms with van der Waals surface area (Å²) < 4.78 is 28.6. The molecule has 10 heteroatoms. The molecule has 3 aromatic rings. The van der Waals surface area contributed by atoms with Crippen molar-refractivity contribution in [2.24, 2.45) is 11.7 Å². The minimum atomic E-state index is -0.735. The van der Waals surface area contributed by atoms with Crippen LogP contribution in [0, 0.1) is 24.5 Å². The number of nitrogens with zero attached hydrogens (tertiary/aromatic N) is 3. The highest BCUT2D eigenvalue weighted by atomic mass is 32.1. The van der Waals surface area contributed by atoms with Gasteiger partial charge >= 0.3 is 0 Å². The number of hydrogen-bond acceptors (Lipinski definition) is 7. The molecule has 0 spiro atoms. The molecule has 0 unspecified atom stereocenters. The Bertz CT molecular complexity index is 1140. The van der Waals surface area contributed by atoms with Gasteiger partial charge < -0.3 is 21.1 Å². The summed E-state index contributed by atoms with van der Waals surface area (Å²) in [5, 5.41) is 14.5. The van der Waals surface area contributed by atoms with Gasteiger partial charge in [0, 0.05) is 36.6 Å². The van der Waals surface area contributed by atoms with Gasteiger partial charge in [0.2, 0.25) is 0 Å². The number of rotatable bonds is 4. The van der Waals surface area contributed by atoms with Crippen molar-refractivity contribution >= 4 is 28.6 Å². The van der Waals surface area contributed by atoms with Crippen LogP contribution in [0.15, 0.2) is 36.0 Å². The van der Waals surface area contributed by atoms with Crippen LogP contribution in [0.4, 0.5) is 20.2 Å². The second-order valence-corrected chi connectivity index (χ2v) is 8.83. The minimum Gasteiger partial charge on any atom is -0.391 e. The Morgan fingerprint density at radius 3 is 2.84 bits per heavy atom. The van der Waals surface area contributed by atoms with Gasteiger partial charge in [-0.15, -0.1) is 11.3 Å². The lowest BCUT2D eigenvalue weighted by atomic mass is 9.92. The number of halogens is 2. The first-order chi connectivity index (χ1) is 15.3. The number of nitrogens with two attached hydrogens (primary N) is 1. The summed E-state index contributed by atoms with van der Waals surface area (Å²) in [4.78, 5) is 23.1. The van der Waals surface area contributed by atoms with Crippen LogP contribution in [0.1, 0.15) is 23.0 Å². The number of amides is 1. The van der Waals surface area contributed by atoms with E-state index in [4.69, 9.17) is 5.73 Å². The van der Waals surface area contributed by atoms with Gasteiger partial charge in [0.25, 0.3) is 5.91 Å². The Balaban J connectivity index is 1.57. The number of aliphatic hydroxyl groups excluding tert-OH is 1. The molecule has 0 radical (unpaired) electrons. The van der Waals surface area contributed by atoms with Crippen molar-refractivity contribution in [2.45, 2.75) is 26.0 Å². The number of piperidine rings is 1. The topological polar surface area (TPSA) is 104 Å². The van der Waals surface area contributed by atoms with Crippen molar-refractivity contribution in [3.8, 4) is 10.6 Å². The van der Waals surface area contributed by atoms with Gasteiger partial charge in [0.15, 0.2) is 0 Å². The molecule has 1 amide bonds. The molecule has 4 N–H and O–H groups in total. The monoisotopic (exact) mass is 459 g/mol. The molecule has 1 aliphatic heterocycles. The maximum Gasteiger partial charge on any atom is 0.275 e. The summed E-state index contributed by atoms with van der Waals surface area (Å²) in [7, 11) is 0. The van der Waals surface area contributed by atoms with Crippen LogP contribution in [0.3, 0.4) is 0 Å². The Morgan fingerprint density at radius 2 is 2.09 bits per heavy atom. The number of hydrogen-bond donors (Lipinski definition) is 3. The first-order valence-electron chi connectivity index (χ1n) is 10.1. The van der Waals surface area contributed by atoms with E-state index in [0.717, 1.165) is 11.3 Å². The number of thiazole rings is 1. The van der Waals surface area contributed by atoms with Gasteiger partial charge in [0.05, 0.1) is 29.2 Å². The zero-order valence-corrected chi connectivity index (χ0v) is 18.4. The third kappa shape index (κ3) is 4.21. The molecule has 7 nitrogen and oxygen atoms in total. The summed E-state index contributed by atoms with van der Waals surface area (Å²) in [6, 6.07) is 3.87. The number of benzene rings is 1. The number of aryl methyl sites for hydroxylation is 1. The highest BCUT2D eigenvalue weighted by Crippen LogP contribution is 2.32. The van der Waals surface area contributed by atoms with Crippen molar-refractivity contribution in [3.63, 3.8) is 0 Å². The minimum absolute atomic E-state index is 0.0410. The molecule has 1 fully saturated rings. The molecule has 1 aliphatic rings. The van der Waals surface area contributed by atoms with Crippen LogP contribution >= 0.6 is 11.3 Å². The predicted molar refractivity (Wildman–Crippen MR) is 120 cm³/mol. The van der Waals surface area contributed by atoms with Gasteiger partial charge in [-0.2, -0.15) is 0 Å². The molecule has 4 rings (SSSR count). The third-order valence-electron chi connectivity index (χ3n) is 5.58. The smallest absolute Gasteiger partial charge is 0.275 e. The van der Waals surface area contributed by atoms with E-state index in [1.54, 1.807) is 12.3 Å². The summed E-state index contributed by atoms with van der Waals surface area (Å²) in [6.45, 7) is 4.44. The summed E-state index contributed by atoms with van der Waals surface area (Å²) in [6.07, 6.45) is 2.53. The largest absolute Gasteiger partial charge is 0.391 e. The molecule has 3 heterocycles. The lowest BCUT2D eigenvalue weighted by Crippen LogP contribution is -2.55. The first kappa shape index (κ1) is 22.3. The number of nitrogens with one attached hydrogen (secondary N) is 1. The second kappa shape index (κ2) is 8.89. The fourth-order valence-corrected chi connectivity index (χ4v) is 4.64. The van der Waals surface area contributed by atoms with Crippen LogP contribution < -0.4 is 16.0 Å². The zero-order valence-electron chi connectivity index (χ0n) is 17.5. The Labute approximate surface area is 187 Å². The van der Waals surface area contributed by atoms with Crippen molar-refractivity contribution in [2.75, 3.05) is 23.3 Å². The number of aromatic nitrogens is 2. The average molecular weight is 460 g/mol. The first-order valence-corrected chi connectivity index (χ1v) is 11.0. The number of carbonyl (C=O) groups is 1. The van der Waals surface area contributed by atoms with Crippen LogP contribution in [0.5, 0.6) is 0 Å². The average Bonchev–Trinajstić information content (AvgIpc) is 3.25. The predicted octanol–water partition coefficient (Wildman–Crippen LogP) is 3.19. The number of aliphatic hydroxyl groups is 1. The quantitative estimate of drug-likeness (QED) is 0.554. The van der Waals surface area contributed by atoms with E-state index in [-0.39, 0.29) is 22.2 Å². The normalized spacial score (nSPS) is 20.9. The van der Waals surface area contributed by atoms with E-state index >= 15 is 0 Å². The van der Waals surface area contributed by atoms with Crippen LogP contribution in [0.25, 0.3) is 10.6 Å². The van der Waals surface area contributed by atoms with Crippen LogP contribution in [-0.2, 0) is 0 Å². The highest BCUT2D eigenvalue weighted by molar-refractivity contribution is 7.13. The van der Waals surface area contributed by atoms with E-state index in [0.29, 0.717) is 30.0 Å². The van der Waals surface area contributed by atoms with E-state index in [1.807, 2.05) is 11.8 Å². The Hall–Kier alpha value is -2.95. The van der Waals surface area contributed by atoms with Crippen molar-refractivity contribution in [3.05, 3.63) is 58.9 Å². The maximum atomic E-state index is 14.4. The molecule has 2 aromatic heterocycles. The van der Waals surface area contributed by atoms with Gasteiger partial charge in [-0.3, -0.25) is 9.78 Å². The molecule has 1 aromatic carbocycles. The van der Waals surface area contributed by atoms with Crippen LogP contribution in [0.2, 0.25) is 0 Å². The zero-order chi connectivity index (χ0) is 23.0. The molecule has 3 atom stereocenters. The standard InChI is InChI=1S/C22H23F2N5O2S/c1-11-3-4-13(23)18(19(11)24)22-28-16(10-32-22)21(31)27-15-7-26-6-5-17(15)29-8-12(2)20(30)14(25)9-29/h3-7,10,12,14,20,30H,8-9,25H2,1-2H3,(H,27,31)/t12-,14+,20+/m0/s1. The second-order valence-electron chi connectivity index (χ2n) is 7.97. The van der Waals surface area contributed by atoms with E-state index in [2.05, 4.69) is 15.3 Å². The van der Waals surface area contributed by atoms with Gasteiger partial charge in [-0.05, 0) is 24.6 Å².